The highest BCUT2D eigenvalue weighted by Gasteiger charge is 2.12. The lowest BCUT2D eigenvalue weighted by atomic mass is 10.1. The molecule has 5 nitrogen and oxygen atoms in total. The van der Waals surface area contributed by atoms with E-state index in [-0.39, 0.29) is 10.7 Å². The van der Waals surface area contributed by atoms with Crippen LogP contribution in [0.1, 0.15) is 5.56 Å². The molecule has 0 unspecified atom stereocenters. The van der Waals surface area contributed by atoms with Gasteiger partial charge in [-0.25, -0.2) is 0 Å². The zero-order valence-electron chi connectivity index (χ0n) is 11.0. The maximum atomic E-state index is 10.9. The van der Waals surface area contributed by atoms with Crippen molar-refractivity contribution in [1.82, 2.24) is 4.98 Å². The standard InChI is InChI=1S/C15H12ClN3O2/c16-13-6-5-11(7-15(13)19(20)21)17-8-10-9-18-14-4-2-1-3-12(10)14/h1-7,9,17-18H,8H2. The van der Waals surface area contributed by atoms with Gasteiger partial charge in [0, 0.05) is 35.4 Å². The van der Waals surface area contributed by atoms with E-state index < -0.39 is 4.92 Å². The lowest BCUT2D eigenvalue weighted by Crippen LogP contribution is -1.99. The topological polar surface area (TPSA) is 71.0 Å². The Kier molecular flexibility index (Phi) is 3.50. The number of nitrogens with one attached hydrogen (secondary N) is 2. The van der Waals surface area contributed by atoms with Gasteiger partial charge in [-0.15, -0.1) is 0 Å². The van der Waals surface area contributed by atoms with Crippen molar-refractivity contribution in [3.8, 4) is 0 Å². The van der Waals surface area contributed by atoms with Crippen LogP contribution < -0.4 is 5.32 Å². The summed E-state index contributed by atoms with van der Waals surface area (Å²) < 4.78 is 0. The Balaban J connectivity index is 1.82. The van der Waals surface area contributed by atoms with Gasteiger partial charge in [-0.1, -0.05) is 29.8 Å². The Morgan fingerprint density at radius 2 is 2.05 bits per heavy atom. The molecule has 2 N–H and O–H groups in total. The minimum Gasteiger partial charge on any atom is -0.381 e. The average Bonchev–Trinajstić information content (AvgIpc) is 2.89. The fraction of sp³-hybridized carbons (Fsp3) is 0.0667. The Bertz CT molecular complexity index is 814. The number of hydrogen-bond acceptors (Lipinski definition) is 3. The first-order chi connectivity index (χ1) is 10.1. The molecule has 0 radical (unpaired) electrons. The fourth-order valence-electron chi connectivity index (χ4n) is 2.24. The molecule has 6 heteroatoms. The van der Waals surface area contributed by atoms with Crippen molar-refractivity contribution >= 4 is 33.9 Å². The van der Waals surface area contributed by atoms with Gasteiger partial charge in [0.2, 0.25) is 0 Å². The molecule has 106 valence electrons. The molecule has 0 aliphatic rings. The van der Waals surface area contributed by atoms with Crippen molar-refractivity contribution in [3.63, 3.8) is 0 Å². The van der Waals surface area contributed by atoms with Crippen molar-refractivity contribution in [2.45, 2.75) is 6.54 Å². The number of para-hydroxylation sites is 1. The third-order valence-corrected chi connectivity index (χ3v) is 3.62. The van der Waals surface area contributed by atoms with Gasteiger partial charge in [-0.2, -0.15) is 0 Å². The summed E-state index contributed by atoms with van der Waals surface area (Å²) in [5.74, 6) is 0. The summed E-state index contributed by atoms with van der Waals surface area (Å²) in [6, 6.07) is 12.7. The molecule has 3 rings (SSSR count). The van der Waals surface area contributed by atoms with E-state index in [0.29, 0.717) is 12.2 Å². The number of nitro groups is 1. The summed E-state index contributed by atoms with van der Waals surface area (Å²) >= 11 is 5.79. The normalized spacial score (nSPS) is 10.7. The van der Waals surface area contributed by atoms with Gasteiger partial charge in [0.15, 0.2) is 0 Å². The predicted molar refractivity (Wildman–Crippen MR) is 83.7 cm³/mol. The van der Waals surface area contributed by atoms with Crippen LogP contribution in [0, 0.1) is 10.1 Å². The van der Waals surface area contributed by atoms with E-state index in [9.17, 15) is 10.1 Å². The summed E-state index contributed by atoms with van der Waals surface area (Å²) in [5.41, 5.74) is 2.73. The van der Waals surface area contributed by atoms with Gasteiger partial charge in [-0.05, 0) is 23.8 Å². The molecule has 0 saturated heterocycles. The van der Waals surface area contributed by atoms with Crippen LogP contribution in [0.15, 0.2) is 48.7 Å². The number of anilines is 1. The summed E-state index contributed by atoms with van der Waals surface area (Å²) in [6.07, 6.45) is 1.93. The third kappa shape index (κ3) is 2.68. The molecule has 3 aromatic rings. The number of halogens is 1. The minimum absolute atomic E-state index is 0.0967. The number of benzene rings is 2. The SMILES string of the molecule is O=[N+]([O-])c1cc(NCc2c[nH]c3ccccc23)ccc1Cl. The maximum Gasteiger partial charge on any atom is 0.289 e. The van der Waals surface area contributed by atoms with Crippen LogP contribution in [0.2, 0.25) is 5.02 Å². The van der Waals surface area contributed by atoms with Crippen LogP contribution in [0.25, 0.3) is 10.9 Å². The number of rotatable bonds is 4. The van der Waals surface area contributed by atoms with E-state index in [1.807, 2.05) is 30.5 Å². The largest absolute Gasteiger partial charge is 0.381 e. The zero-order chi connectivity index (χ0) is 14.8. The molecule has 0 aliphatic carbocycles. The lowest BCUT2D eigenvalue weighted by molar-refractivity contribution is -0.384. The summed E-state index contributed by atoms with van der Waals surface area (Å²) in [6.45, 7) is 0.572. The highest BCUT2D eigenvalue weighted by molar-refractivity contribution is 6.32. The smallest absolute Gasteiger partial charge is 0.289 e. The van der Waals surface area contributed by atoms with Crippen LogP contribution in [0.4, 0.5) is 11.4 Å². The first kappa shape index (κ1) is 13.5. The van der Waals surface area contributed by atoms with Crippen LogP contribution in [0.3, 0.4) is 0 Å². The van der Waals surface area contributed by atoms with Crippen molar-refractivity contribution in [2.24, 2.45) is 0 Å². The molecule has 0 amide bonds. The quantitative estimate of drug-likeness (QED) is 0.556. The zero-order valence-corrected chi connectivity index (χ0v) is 11.7. The molecule has 2 aromatic carbocycles. The Morgan fingerprint density at radius 1 is 1.24 bits per heavy atom. The Labute approximate surface area is 125 Å². The molecule has 0 saturated carbocycles. The molecule has 0 fully saturated rings. The summed E-state index contributed by atoms with van der Waals surface area (Å²) in [7, 11) is 0. The highest BCUT2D eigenvalue weighted by Crippen LogP contribution is 2.28. The number of nitrogens with zero attached hydrogens (tertiary/aromatic N) is 1. The van der Waals surface area contributed by atoms with Crippen molar-refractivity contribution in [2.75, 3.05) is 5.32 Å². The molecule has 0 aliphatic heterocycles. The van der Waals surface area contributed by atoms with Crippen LogP contribution >= 0.6 is 11.6 Å². The van der Waals surface area contributed by atoms with Crippen molar-refractivity contribution in [1.29, 1.82) is 0 Å². The third-order valence-electron chi connectivity index (χ3n) is 3.30. The van der Waals surface area contributed by atoms with Gasteiger partial charge in [0.25, 0.3) is 5.69 Å². The van der Waals surface area contributed by atoms with Crippen molar-refractivity contribution in [3.05, 3.63) is 69.4 Å². The van der Waals surface area contributed by atoms with E-state index in [0.717, 1.165) is 16.5 Å². The number of aromatic amines is 1. The molecule has 1 aromatic heterocycles. The molecule has 1 heterocycles. The first-order valence-corrected chi connectivity index (χ1v) is 6.76. The van der Waals surface area contributed by atoms with E-state index in [4.69, 9.17) is 11.6 Å². The average molecular weight is 302 g/mol. The fourth-order valence-corrected chi connectivity index (χ4v) is 2.42. The number of H-pyrrole nitrogens is 1. The molecule has 21 heavy (non-hydrogen) atoms. The summed E-state index contributed by atoms with van der Waals surface area (Å²) in [4.78, 5) is 13.6. The van der Waals surface area contributed by atoms with Crippen LogP contribution in [-0.4, -0.2) is 9.91 Å². The minimum atomic E-state index is -0.487. The molecule has 0 spiro atoms. The van der Waals surface area contributed by atoms with Crippen molar-refractivity contribution < 1.29 is 4.92 Å². The molecular weight excluding hydrogens is 290 g/mol. The monoisotopic (exact) mass is 301 g/mol. The van der Waals surface area contributed by atoms with Crippen LogP contribution in [0.5, 0.6) is 0 Å². The second-order valence-corrected chi connectivity index (χ2v) is 5.04. The number of nitro benzene ring substituents is 1. The molecule has 0 bridgehead atoms. The lowest BCUT2D eigenvalue weighted by Gasteiger charge is -2.06. The first-order valence-electron chi connectivity index (χ1n) is 6.38. The number of aromatic nitrogens is 1. The number of fused-ring (bicyclic) bond motifs is 1. The van der Waals surface area contributed by atoms with Gasteiger partial charge >= 0.3 is 0 Å². The second kappa shape index (κ2) is 5.46. The van der Waals surface area contributed by atoms with Gasteiger partial charge in [0.1, 0.15) is 5.02 Å². The highest BCUT2D eigenvalue weighted by atomic mass is 35.5. The van der Waals surface area contributed by atoms with Crippen LogP contribution in [-0.2, 0) is 6.54 Å². The predicted octanol–water partition coefficient (Wildman–Crippen LogP) is 4.34. The van der Waals surface area contributed by atoms with E-state index in [1.54, 1.807) is 6.07 Å². The van der Waals surface area contributed by atoms with E-state index >= 15 is 0 Å². The van der Waals surface area contributed by atoms with E-state index in [1.165, 1.54) is 12.1 Å². The molecule has 0 atom stereocenters. The van der Waals surface area contributed by atoms with E-state index in [2.05, 4.69) is 10.3 Å². The second-order valence-electron chi connectivity index (χ2n) is 4.64. The van der Waals surface area contributed by atoms with Gasteiger partial charge in [0.05, 0.1) is 4.92 Å². The van der Waals surface area contributed by atoms with Gasteiger partial charge < -0.3 is 10.3 Å². The summed E-state index contributed by atoms with van der Waals surface area (Å²) in [5, 5.41) is 15.3. The Hall–Kier alpha value is -2.53. The number of hydrogen-bond donors (Lipinski definition) is 2. The maximum absolute atomic E-state index is 10.9. The molecular formula is C15H12ClN3O2. The Morgan fingerprint density at radius 3 is 2.86 bits per heavy atom. The van der Waals surface area contributed by atoms with Gasteiger partial charge in [-0.3, -0.25) is 10.1 Å².